The molecule has 28 heavy (non-hydrogen) atoms. The van der Waals surface area contributed by atoms with Gasteiger partial charge in [0.25, 0.3) is 0 Å². The van der Waals surface area contributed by atoms with Gasteiger partial charge in [-0.3, -0.25) is 0 Å². The van der Waals surface area contributed by atoms with Crippen LogP contribution < -0.4 is 5.73 Å². The minimum Gasteiger partial charge on any atom is -0.462 e. The van der Waals surface area contributed by atoms with Gasteiger partial charge in [-0.1, -0.05) is 17.4 Å². The summed E-state index contributed by atoms with van der Waals surface area (Å²) in [7, 11) is 0. The van der Waals surface area contributed by atoms with E-state index in [9.17, 15) is 9.59 Å². The molecule has 2 N–H and O–H groups in total. The Morgan fingerprint density at radius 1 is 1.04 bits per heavy atom. The van der Waals surface area contributed by atoms with E-state index in [1.54, 1.807) is 42.7 Å². The lowest BCUT2D eigenvalue weighted by atomic mass is 10.1. The molecule has 0 spiro atoms. The molecule has 0 fully saturated rings. The molecule has 0 unspecified atom stereocenters. The number of nitrogens with two attached hydrogens (primary N) is 1. The van der Waals surface area contributed by atoms with Crippen molar-refractivity contribution in [2.75, 3.05) is 18.9 Å². The molecule has 0 saturated heterocycles. The Bertz CT molecular complexity index is 1000. The van der Waals surface area contributed by atoms with Crippen molar-refractivity contribution in [1.29, 1.82) is 0 Å². The van der Waals surface area contributed by atoms with E-state index in [2.05, 4.69) is 11.1 Å². The van der Waals surface area contributed by atoms with Crippen LogP contribution in [0.4, 0.5) is 10.0 Å². The Hall–Kier alpha value is -2.49. The molecule has 0 aliphatic rings. The maximum atomic E-state index is 12.4. The van der Waals surface area contributed by atoms with Gasteiger partial charge in [-0.2, -0.15) is 0 Å². The van der Waals surface area contributed by atoms with Crippen LogP contribution >= 0.6 is 34.0 Å². The Morgan fingerprint density at radius 3 is 2.39 bits per heavy atom. The van der Waals surface area contributed by atoms with Crippen molar-refractivity contribution in [3.8, 4) is 9.75 Å². The van der Waals surface area contributed by atoms with Gasteiger partial charge in [0.05, 0.1) is 13.2 Å². The fourth-order valence-corrected chi connectivity index (χ4v) is 5.02. The van der Waals surface area contributed by atoms with Gasteiger partial charge in [0.1, 0.15) is 21.1 Å². The predicted octanol–water partition coefficient (Wildman–Crippen LogP) is 5.22. The van der Waals surface area contributed by atoms with Crippen molar-refractivity contribution < 1.29 is 19.1 Å². The number of nitrogens with zero attached hydrogens (tertiary/aromatic N) is 1. The summed E-state index contributed by atoms with van der Waals surface area (Å²) in [5.74, 6) is -1.30. The fraction of sp³-hybridized carbons (Fsp3) is 0.211. The van der Waals surface area contributed by atoms with E-state index in [0.29, 0.717) is 5.00 Å². The number of anilines is 1. The van der Waals surface area contributed by atoms with Crippen molar-refractivity contribution in [2.24, 2.45) is 4.99 Å². The van der Waals surface area contributed by atoms with Crippen molar-refractivity contribution in [2.45, 2.75) is 13.8 Å². The molecule has 0 bridgehead atoms. The molecule has 0 aromatic carbocycles. The Labute approximate surface area is 174 Å². The first-order chi connectivity index (χ1) is 13.5. The maximum absolute atomic E-state index is 12.4. The number of aliphatic imine (C=N–C) groups is 1. The Kier molecular flexibility index (Phi) is 6.61. The van der Waals surface area contributed by atoms with Crippen molar-refractivity contribution >= 4 is 62.2 Å². The first kappa shape index (κ1) is 20.2. The highest BCUT2D eigenvalue weighted by Crippen LogP contribution is 2.39. The predicted molar refractivity (Wildman–Crippen MR) is 116 cm³/mol. The van der Waals surface area contributed by atoms with Crippen LogP contribution in [-0.2, 0) is 9.47 Å². The third kappa shape index (κ3) is 4.32. The van der Waals surface area contributed by atoms with Gasteiger partial charge in [0.2, 0.25) is 0 Å². The SMILES string of the molecule is CCOC(=O)c1c(N)sc(N=Cc2ccc(-c3cccs3)s2)c1C(=O)OCC. The summed E-state index contributed by atoms with van der Waals surface area (Å²) in [5.41, 5.74) is 6.05. The number of rotatable bonds is 7. The van der Waals surface area contributed by atoms with Crippen LogP contribution in [0.2, 0.25) is 0 Å². The molecule has 3 aromatic heterocycles. The number of carbonyl (C=O) groups is 2. The van der Waals surface area contributed by atoms with Crippen LogP contribution in [0.25, 0.3) is 9.75 Å². The highest BCUT2D eigenvalue weighted by molar-refractivity contribution is 7.22. The number of esters is 2. The van der Waals surface area contributed by atoms with Crippen LogP contribution in [0.3, 0.4) is 0 Å². The van der Waals surface area contributed by atoms with E-state index in [4.69, 9.17) is 15.2 Å². The molecule has 0 saturated carbocycles. The van der Waals surface area contributed by atoms with Gasteiger partial charge in [-0.25, -0.2) is 14.6 Å². The summed E-state index contributed by atoms with van der Waals surface area (Å²) < 4.78 is 10.1. The smallest absolute Gasteiger partial charge is 0.342 e. The molecular weight excluding hydrogens is 416 g/mol. The third-order valence-electron chi connectivity index (χ3n) is 3.58. The molecule has 3 aromatic rings. The zero-order valence-corrected chi connectivity index (χ0v) is 17.7. The second-order valence-corrected chi connectivity index (χ2v) is 8.49. The molecule has 0 radical (unpaired) electrons. The number of ether oxygens (including phenoxy) is 2. The van der Waals surface area contributed by atoms with E-state index in [-0.39, 0.29) is 29.3 Å². The second kappa shape index (κ2) is 9.13. The van der Waals surface area contributed by atoms with Crippen LogP contribution in [0.5, 0.6) is 0 Å². The van der Waals surface area contributed by atoms with Gasteiger partial charge >= 0.3 is 11.9 Å². The van der Waals surface area contributed by atoms with Gasteiger partial charge in [0, 0.05) is 20.8 Å². The monoisotopic (exact) mass is 434 g/mol. The van der Waals surface area contributed by atoms with Gasteiger partial charge in [0.15, 0.2) is 0 Å². The minimum absolute atomic E-state index is 0.0166. The number of thiophene rings is 3. The molecule has 0 amide bonds. The van der Waals surface area contributed by atoms with Crippen molar-refractivity contribution in [3.63, 3.8) is 0 Å². The van der Waals surface area contributed by atoms with E-state index in [1.165, 1.54) is 4.88 Å². The van der Waals surface area contributed by atoms with Gasteiger partial charge in [-0.05, 0) is 37.4 Å². The molecule has 6 nitrogen and oxygen atoms in total. The lowest BCUT2D eigenvalue weighted by Gasteiger charge is -2.05. The van der Waals surface area contributed by atoms with Gasteiger partial charge < -0.3 is 15.2 Å². The van der Waals surface area contributed by atoms with Crippen molar-refractivity contribution in [1.82, 2.24) is 0 Å². The Morgan fingerprint density at radius 2 is 1.75 bits per heavy atom. The first-order valence-corrected chi connectivity index (χ1v) is 11.0. The zero-order valence-electron chi connectivity index (χ0n) is 15.3. The lowest BCUT2D eigenvalue weighted by molar-refractivity contribution is 0.0481. The maximum Gasteiger partial charge on any atom is 0.342 e. The average Bonchev–Trinajstić information content (AvgIpc) is 3.39. The van der Waals surface area contributed by atoms with E-state index in [0.717, 1.165) is 21.1 Å². The summed E-state index contributed by atoms with van der Waals surface area (Å²) in [4.78, 5) is 32.4. The molecular formula is C19H18N2O4S3. The number of nitrogen functional groups attached to an aromatic ring is 1. The van der Waals surface area contributed by atoms with E-state index >= 15 is 0 Å². The largest absolute Gasteiger partial charge is 0.462 e. The topological polar surface area (TPSA) is 91.0 Å². The van der Waals surface area contributed by atoms with Gasteiger partial charge in [-0.15, -0.1) is 22.7 Å². The molecule has 0 aliphatic carbocycles. The van der Waals surface area contributed by atoms with Crippen LogP contribution in [0.15, 0.2) is 34.6 Å². The van der Waals surface area contributed by atoms with Crippen LogP contribution in [0, 0.1) is 0 Å². The summed E-state index contributed by atoms with van der Waals surface area (Å²) in [6.45, 7) is 3.73. The zero-order chi connectivity index (χ0) is 20.1. The average molecular weight is 435 g/mol. The van der Waals surface area contributed by atoms with E-state index in [1.807, 2.05) is 23.6 Å². The number of hydrogen-bond acceptors (Lipinski definition) is 9. The summed E-state index contributed by atoms with van der Waals surface area (Å²) in [5, 5.41) is 2.53. The standard InChI is InChI=1S/C19H18N2O4S3/c1-3-24-18(22)14-15(19(23)25-4-2)17(28-16(14)20)21-10-11-7-8-13(27-11)12-6-5-9-26-12/h5-10H,3-4,20H2,1-2H3. The lowest BCUT2D eigenvalue weighted by Crippen LogP contribution is -2.13. The molecule has 9 heteroatoms. The number of carbonyl (C=O) groups excluding carboxylic acids is 2. The molecule has 146 valence electrons. The summed E-state index contributed by atoms with van der Waals surface area (Å²) in [6.07, 6.45) is 1.66. The molecule has 3 rings (SSSR count). The molecule has 3 heterocycles. The highest BCUT2D eigenvalue weighted by Gasteiger charge is 2.29. The minimum atomic E-state index is -0.656. The fourth-order valence-electron chi connectivity index (χ4n) is 2.42. The summed E-state index contributed by atoms with van der Waals surface area (Å²) in [6, 6.07) is 8.04. The number of hydrogen-bond donors (Lipinski definition) is 1. The van der Waals surface area contributed by atoms with E-state index < -0.39 is 11.9 Å². The highest BCUT2D eigenvalue weighted by atomic mass is 32.1. The quantitative estimate of drug-likeness (QED) is 0.406. The third-order valence-corrected chi connectivity index (χ3v) is 6.59. The van der Waals surface area contributed by atoms with Crippen LogP contribution in [0.1, 0.15) is 39.4 Å². The van der Waals surface area contributed by atoms with Crippen LogP contribution in [-0.4, -0.2) is 31.4 Å². The summed E-state index contributed by atoms with van der Waals surface area (Å²) >= 11 is 4.31. The molecule has 0 atom stereocenters. The molecule has 0 aliphatic heterocycles. The second-order valence-electron chi connectivity index (χ2n) is 5.40. The normalized spacial score (nSPS) is 11.1. The first-order valence-electron chi connectivity index (χ1n) is 8.49. The van der Waals surface area contributed by atoms with Crippen molar-refractivity contribution in [3.05, 3.63) is 45.6 Å². The Balaban J connectivity index is 1.94.